The first-order chi connectivity index (χ1) is 12.5. The first-order valence-corrected chi connectivity index (χ1v) is 8.81. The minimum Gasteiger partial charge on any atom is -0.361 e. The third kappa shape index (κ3) is 3.42. The molecule has 1 fully saturated rings. The lowest BCUT2D eigenvalue weighted by atomic mass is 10.1. The Kier molecular flexibility index (Phi) is 4.36. The number of halogens is 3. The number of nitrogens with one attached hydrogen (secondary N) is 2. The Morgan fingerprint density at radius 2 is 1.77 bits per heavy atom. The second kappa shape index (κ2) is 6.68. The van der Waals surface area contributed by atoms with Crippen LogP contribution in [0, 0.1) is 0 Å². The van der Waals surface area contributed by atoms with Gasteiger partial charge in [0.05, 0.1) is 31.7 Å². The van der Waals surface area contributed by atoms with E-state index in [2.05, 4.69) is 23.3 Å². The Bertz CT molecular complexity index is 892. The molecule has 0 atom stereocenters. The summed E-state index contributed by atoms with van der Waals surface area (Å²) in [4.78, 5) is 6.81. The molecule has 0 saturated carbocycles. The molecular formula is C20H21F3N3+. The Balaban J connectivity index is 1.41. The Morgan fingerprint density at radius 3 is 2.54 bits per heavy atom. The summed E-state index contributed by atoms with van der Waals surface area (Å²) in [5.41, 5.74) is 2.52. The van der Waals surface area contributed by atoms with Crippen LogP contribution in [0.25, 0.3) is 10.9 Å². The average Bonchev–Trinajstić information content (AvgIpc) is 3.05. The van der Waals surface area contributed by atoms with Crippen LogP contribution in [0.5, 0.6) is 0 Å². The molecule has 1 aliphatic heterocycles. The molecular weight excluding hydrogens is 339 g/mol. The van der Waals surface area contributed by atoms with Crippen LogP contribution in [0.2, 0.25) is 0 Å². The van der Waals surface area contributed by atoms with Gasteiger partial charge in [0.15, 0.2) is 0 Å². The number of hydrogen-bond donors (Lipinski definition) is 2. The Morgan fingerprint density at radius 1 is 1.00 bits per heavy atom. The van der Waals surface area contributed by atoms with E-state index in [1.807, 2.05) is 17.0 Å². The zero-order valence-corrected chi connectivity index (χ0v) is 14.3. The number of quaternary nitrogens is 1. The van der Waals surface area contributed by atoms with Crippen LogP contribution in [-0.4, -0.2) is 31.2 Å². The molecule has 2 aromatic carbocycles. The van der Waals surface area contributed by atoms with Gasteiger partial charge in [-0.15, -0.1) is 0 Å². The number of fused-ring (bicyclic) bond motifs is 1. The molecule has 1 aliphatic rings. The van der Waals surface area contributed by atoms with Crippen LogP contribution in [-0.2, 0) is 12.7 Å². The zero-order valence-electron chi connectivity index (χ0n) is 14.3. The van der Waals surface area contributed by atoms with Crippen LogP contribution >= 0.6 is 0 Å². The van der Waals surface area contributed by atoms with Crippen molar-refractivity contribution in [2.45, 2.75) is 12.7 Å². The molecule has 0 unspecified atom stereocenters. The molecule has 26 heavy (non-hydrogen) atoms. The highest BCUT2D eigenvalue weighted by Crippen LogP contribution is 2.31. The molecule has 0 amide bonds. The van der Waals surface area contributed by atoms with Gasteiger partial charge in [-0.05, 0) is 24.3 Å². The van der Waals surface area contributed by atoms with Crippen molar-refractivity contribution < 1.29 is 18.1 Å². The highest BCUT2D eigenvalue weighted by atomic mass is 19.4. The van der Waals surface area contributed by atoms with Crippen molar-refractivity contribution in [2.75, 3.05) is 31.1 Å². The molecule has 3 nitrogen and oxygen atoms in total. The molecule has 0 bridgehead atoms. The summed E-state index contributed by atoms with van der Waals surface area (Å²) >= 11 is 0. The summed E-state index contributed by atoms with van der Waals surface area (Å²) in [7, 11) is 0. The SMILES string of the molecule is FC(F)(F)c1cccc(N2CC[NH+](Cc3c[nH]c4ccccc34)CC2)c1. The number of H-pyrrole nitrogens is 1. The number of rotatable bonds is 3. The molecule has 0 aliphatic carbocycles. The molecule has 136 valence electrons. The lowest BCUT2D eigenvalue weighted by Gasteiger charge is -2.33. The van der Waals surface area contributed by atoms with Gasteiger partial charge < -0.3 is 14.8 Å². The molecule has 4 rings (SSSR count). The fraction of sp³-hybridized carbons (Fsp3) is 0.300. The van der Waals surface area contributed by atoms with Crippen molar-refractivity contribution in [3.63, 3.8) is 0 Å². The summed E-state index contributed by atoms with van der Waals surface area (Å²) in [6.07, 6.45) is -2.23. The molecule has 3 aromatic rings. The van der Waals surface area contributed by atoms with Crippen LogP contribution < -0.4 is 9.80 Å². The standard InChI is InChI=1S/C20H20F3N3/c21-20(22,23)16-4-3-5-17(12-16)26-10-8-25(9-11-26)14-15-13-24-19-7-2-1-6-18(15)19/h1-7,12-13,24H,8-11,14H2/p+1. The maximum absolute atomic E-state index is 12.9. The summed E-state index contributed by atoms with van der Waals surface area (Å²) in [6, 6.07) is 13.9. The quantitative estimate of drug-likeness (QED) is 0.737. The maximum Gasteiger partial charge on any atom is 0.416 e. The predicted molar refractivity (Wildman–Crippen MR) is 96.4 cm³/mol. The highest BCUT2D eigenvalue weighted by molar-refractivity contribution is 5.82. The number of anilines is 1. The average molecular weight is 360 g/mol. The fourth-order valence-corrected chi connectivity index (χ4v) is 3.68. The minimum absolute atomic E-state index is 0.580. The fourth-order valence-electron chi connectivity index (χ4n) is 3.68. The van der Waals surface area contributed by atoms with E-state index in [-0.39, 0.29) is 0 Å². The number of alkyl halides is 3. The van der Waals surface area contributed by atoms with Gasteiger partial charge in [0.1, 0.15) is 6.54 Å². The van der Waals surface area contributed by atoms with Crippen LogP contribution in [0.3, 0.4) is 0 Å². The van der Waals surface area contributed by atoms with Crippen molar-refractivity contribution in [1.82, 2.24) is 4.98 Å². The van der Waals surface area contributed by atoms with Gasteiger partial charge in [-0.3, -0.25) is 0 Å². The van der Waals surface area contributed by atoms with E-state index >= 15 is 0 Å². The topological polar surface area (TPSA) is 23.5 Å². The summed E-state index contributed by atoms with van der Waals surface area (Å²) in [5, 5.41) is 1.25. The lowest BCUT2D eigenvalue weighted by Crippen LogP contribution is -3.13. The van der Waals surface area contributed by atoms with E-state index in [0.29, 0.717) is 5.69 Å². The number of aromatic nitrogens is 1. The third-order valence-electron chi connectivity index (χ3n) is 5.12. The largest absolute Gasteiger partial charge is 0.416 e. The van der Waals surface area contributed by atoms with Gasteiger partial charge >= 0.3 is 6.18 Å². The van der Waals surface area contributed by atoms with E-state index < -0.39 is 11.7 Å². The maximum atomic E-state index is 12.9. The highest BCUT2D eigenvalue weighted by Gasteiger charge is 2.31. The smallest absolute Gasteiger partial charge is 0.361 e. The number of benzene rings is 2. The molecule has 2 heterocycles. The molecule has 6 heteroatoms. The number of para-hydroxylation sites is 1. The van der Waals surface area contributed by atoms with E-state index in [1.54, 1.807) is 6.07 Å². The van der Waals surface area contributed by atoms with Crippen LogP contribution in [0.15, 0.2) is 54.7 Å². The predicted octanol–water partition coefficient (Wildman–Crippen LogP) is 3.09. The van der Waals surface area contributed by atoms with Crippen LogP contribution in [0.4, 0.5) is 18.9 Å². The number of piperazine rings is 1. The summed E-state index contributed by atoms with van der Waals surface area (Å²) in [6.45, 7) is 4.28. The summed E-state index contributed by atoms with van der Waals surface area (Å²) < 4.78 is 38.7. The molecule has 2 N–H and O–H groups in total. The zero-order chi connectivity index (χ0) is 18.1. The van der Waals surface area contributed by atoms with Crippen LogP contribution in [0.1, 0.15) is 11.1 Å². The number of hydrogen-bond acceptors (Lipinski definition) is 1. The second-order valence-corrected chi connectivity index (χ2v) is 6.82. The molecule has 1 aromatic heterocycles. The molecule has 0 radical (unpaired) electrons. The third-order valence-corrected chi connectivity index (χ3v) is 5.12. The van der Waals surface area contributed by atoms with Gasteiger partial charge in [-0.2, -0.15) is 13.2 Å². The van der Waals surface area contributed by atoms with Crippen molar-refractivity contribution in [3.05, 3.63) is 65.9 Å². The normalized spacial score (nSPS) is 16.3. The molecule has 1 saturated heterocycles. The van der Waals surface area contributed by atoms with E-state index in [0.717, 1.165) is 44.3 Å². The van der Waals surface area contributed by atoms with Gasteiger partial charge in [-0.1, -0.05) is 24.3 Å². The number of nitrogens with zero attached hydrogens (tertiary/aromatic N) is 1. The Labute approximate surface area is 150 Å². The minimum atomic E-state index is -4.29. The second-order valence-electron chi connectivity index (χ2n) is 6.82. The first kappa shape index (κ1) is 17.0. The van der Waals surface area contributed by atoms with E-state index in [1.165, 1.54) is 28.0 Å². The summed E-state index contributed by atoms with van der Waals surface area (Å²) in [5.74, 6) is 0. The molecule has 0 spiro atoms. The van der Waals surface area contributed by atoms with E-state index in [4.69, 9.17) is 0 Å². The van der Waals surface area contributed by atoms with Gasteiger partial charge in [0.2, 0.25) is 0 Å². The van der Waals surface area contributed by atoms with E-state index in [9.17, 15) is 13.2 Å². The van der Waals surface area contributed by atoms with Crippen molar-refractivity contribution in [3.8, 4) is 0 Å². The first-order valence-electron chi connectivity index (χ1n) is 8.81. The van der Waals surface area contributed by atoms with Crippen molar-refractivity contribution in [1.29, 1.82) is 0 Å². The number of aromatic amines is 1. The van der Waals surface area contributed by atoms with Gasteiger partial charge in [0, 0.05) is 28.4 Å². The van der Waals surface area contributed by atoms with Gasteiger partial charge in [0.25, 0.3) is 0 Å². The van der Waals surface area contributed by atoms with Crippen molar-refractivity contribution in [2.24, 2.45) is 0 Å². The Hall–Kier alpha value is -2.47. The lowest BCUT2D eigenvalue weighted by molar-refractivity contribution is -0.914. The monoisotopic (exact) mass is 360 g/mol. The van der Waals surface area contributed by atoms with Crippen molar-refractivity contribution >= 4 is 16.6 Å². The van der Waals surface area contributed by atoms with Gasteiger partial charge in [-0.25, -0.2) is 0 Å².